The number of hydrogen-bond acceptors (Lipinski definition) is 5. The molecule has 0 saturated carbocycles. The van der Waals surface area contributed by atoms with Crippen molar-refractivity contribution in [3.8, 4) is 22.5 Å². The maximum absolute atomic E-state index is 4.76. The van der Waals surface area contributed by atoms with Crippen LogP contribution in [0.2, 0.25) is 0 Å². The van der Waals surface area contributed by atoms with Crippen molar-refractivity contribution in [2.24, 2.45) is 0 Å². The summed E-state index contributed by atoms with van der Waals surface area (Å²) in [4.78, 5) is 8.12. The lowest BCUT2D eigenvalue weighted by Crippen LogP contribution is -2.39. The van der Waals surface area contributed by atoms with Crippen LogP contribution in [-0.4, -0.2) is 30.2 Å². The van der Waals surface area contributed by atoms with Gasteiger partial charge < -0.3 is 4.98 Å². The Morgan fingerprint density at radius 3 is 1.74 bits per heavy atom. The summed E-state index contributed by atoms with van der Waals surface area (Å²) >= 11 is 1.70. The second-order valence-electron chi connectivity index (χ2n) is 11.3. The van der Waals surface area contributed by atoms with Gasteiger partial charge in [-0.3, -0.25) is 0 Å². The molecule has 8 aromatic rings. The van der Waals surface area contributed by atoms with E-state index in [4.69, 9.17) is 15.3 Å². The Hall–Kier alpha value is -5.79. The van der Waals surface area contributed by atoms with Crippen molar-refractivity contribution in [3.05, 3.63) is 186 Å². The van der Waals surface area contributed by atoms with Gasteiger partial charge in [-0.1, -0.05) is 163 Å². The summed E-state index contributed by atoms with van der Waals surface area (Å²) in [6.45, 7) is 0. The Balaban J connectivity index is 1.20. The van der Waals surface area contributed by atoms with Gasteiger partial charge in [0.15, 0.2) is 11.0 Å². The zero-order valence-electron chi connectivity index (χ0n) is 25.4. The number of nitrogens with one attached hydrogen (secondary N) is 1. The second-order valence-corrected chi connectivity index (χ2v) is 12.3. The van der Waals surface area contributed by atoms with Crippen molar-refractivity contribution >= 4 is 22.8 Å². The first-order valence-corrected chi connectivity index (χ1v) is 16.5. The van der Waals surface area contributed by atoms with Gasteiger partial charge in [0, 0.05) is 11.3 Å². The molecule has 0 saturated heterocycles. The lowest BCUT2D eigenvalue weighted by molar-refractivity contribution is 0.451. The zero-order valence-corrected chi connectivity index (χ0v) is 26.3. The SMILES string of the molecule is c1ccc(C(c2ccccc2)(c2ccccc2)n2nnnc2-c2ccccc2-c2ccc(CSc3nc4ccccc4[nH]3)cc2)cc1. The third kappa shape index (κ3) is 5.30. The van der Waals surface area contributed by atoms with E-state index in [-0.39, 0.29) is 0 Å². The number of hydrogen-bond donors (Lipinski definition) is 1. The third-order valence-corrected chi connectivity index (χ3v) is 9.48. The predicted octanol–water partition coefficient (Wildman–Crippen LogP) is 9.02. The molecule has 0 radical (unpaired) electrons. The molecule has 2 heterocycles. The molecule has 7 heteroatoms. The predicted molar refractivity (Wildman–Crippen MR) is 189 cm³/mol. The normalized spacial score (nSPS) is 11.6. The van der Waals surface area contributed by atoms with Gasteiger partial charge in [0.2, 0.25) is 0 Å². The summed E-state index contributed by atoms with van der Waals surface area (Å²) < 4.78 is 1.99. The lowest BCUT2D eigenvalue weighted by atomic mass is 9.77. The molecule has 0 aliphatic carbocycles. The Labute approximate surface area is 277 Å². The standard InChI is InChI=1S/C40H30N6S/c1-4-14-31(15-5-1)40(32-16-6-2-7-17-32,33-18-8-3-9-19-33)46-38(43-44-45-46)35-21-11-10-20-34(35)30-26-24-29(25-27-30)28-47-39-41-36-22-12-13-23-37(36)42-39/h1-27H,28H2,(H,41,42). The van der Waals surface area contributed by atoms with Gasteiger partial charge >= 0.3 is 0 Å². The molecule has 6 nitrogen and oxygen atoms in total. The van der Waals surface area contributed by atoms with Crippen molar-refractivity contribution < 1.29 is 0 Å². The number of aromatic nitrogens is 6. The molecule has 0 fully saturated rings. The molecule has 0 unspecified atom stereocenters. The van der Waals surface area contributed by atoms with Gasteiger partial charge in [-0.25, -0.2) is 9.67 Å². The van der Waals surface area contributed by atoms with Gasteiger partial charge in [0.25, 0.3) is 0 Å². The highest BCUT2D eigenvalue weighted by atomic mass is 32.2. The smallest absolute Gasteiger partial charge is 0.184 e. The molecule has 0 atom stereocenters. The fourth-order valence-electron chi connectivity index (χ4n) is 6.35. The number of tetrazole rings is 1. The van der Waals surface area contributed by atoms with E-state index in [9.17, 15) is 0 Å². The zero-order chi connectivity index (χ0) is 31.5. The minimum Gasteiger partial charge on any atom is -0.333 e. The number of fused-ring (bicyclic) bond motifs is 1. The van der Waals surface area contributed by atoms with Crippen LogP contribution in [0.1, 0.15) is 22.3 Å². The Kier molecular flexibility index (Phi) is 7.65. The Morgan fingerprint density at radius 2 is 1.13 bits per heavy atom. The third-order valence-electron chi connectivity index (χ3n) is 8.54. The van der Waals surface area contributed by atoms with E-state index in [2.05, 4.69) is 132 Å². The van der Waals surface area contributed by atoms with Crippen LogP contribution in [0.3, 0.4) is 0 Å². The van der Waals surface area contributed by atoms with Crippen LogP contribution in [0.25, 0.3) is 33.5 Å². The monoisotopic (exact) mass is 626 g/mol. The van der Waals surface area contributed by atoms with Crippen LogP contribution in [-0.2, 0) is 11.3 Å². The van der Waals surface area contributed by atoms with Crippen molar-refractivity contribution in [3.63, 3.8) is 0 Å². The molecule has 8 rings (SSSR count). The van der Waals surface area contributed by atoms with E-state index in [1.54, 1.807) is 11.8 Å². The van der Waals surface area contributed by atoms with Crippen LogP contribution < -0.4 is 0 Å². The van der Waals surface area contributed by atoms with Crippen LogP contribution in [0.15, 0.2) is 169 Å². The molecule has 0 spiro atoms. The fourth-order valence-corrected chi connectivity index (χ4v) is 7.19. The average Bonchev–Trinajstić information content (AvgIpc) is 3.81. The first-order valence-electron chi connectivity index (χ1n) is 15.5. The van der Waals surface area contributed by atoms with Gasteiger partial charge in [-0.05, 0) is 55.9 Å². The number of para-hydroxylation sites is 2. The maximum Gasteiger partial charge on any atom is 0.184 e. The summed E-state index contributed by atoms with van der Waals surface area (Å²) in [5, 5.41) is 14.7. The molecule has 0 bridgehead atoms. The van der Waals surface area contributed by atoms with Gasteiger partial charge in [-0.2, -0.15) is 0 Å². The van der Waals surface area contributed by atoms with Crippen molar-refractivity contribution in [1.29, 1.82) is 0 Å². The largest absolute Gasteiger partial charge is 0.333 e. The van der Waals surface area contributed by atoms with Crippen LogP contribution in [0.5, 0.6) is 0 Å². The second kappa shape index (κ2) is 12.5. The summed E-state index contributed by atoms with van der Waals surface area (Å²) in [6, 6.07) is 56.7. The van der Waals surface area contributed by atoms with Crippen molar-refractivity contribution in [2.45, 2.75) is 16.4 Å². The molecule has 0 aliphatic rings. The Bertz CT molecular complexity index is 2110. The topological polar surface area (TPSA) is 72.3 Å². The minimum atomic E-state index is -0.826. The molecule has 47 heavy (non-hydrogen) atoms. The summed E-state index contributed by atoms with van der Waals surface area (Å²) in [5.41, 5.74) is 8.74. The first-order chi connectivity index (χ1) is 23.3. The maximum atomic E-state index is 4.76. The molecular formula is C40H30N6S. The van der Waals surface area contributed by atoms with Crippen LogP contribution in [0, 0.1) is 0 Å². The quantitative estimate of drug-likeness (QED) is 0.128. The summed E-state index contributed by atoms with van der Waals surface area (Å²) in [7, 11) is 0. The highest BCUT2D eigenvalue weighted by Gasteiger charge is 2.42. The summed E-state index contributed by atoms with van der Waals surface area (Å²) in [6.07, 6.45) is 0. The fraction of sp³-hybridized carbons (Fsp3) is 0.0500. The highest BCUT2D eigenvalue weighted by molar-refractivity contribution is 7.98. The molecular weight excluding hydrogens is 597 g/mol. The van der Waals surface area contributed by atoms with Gasteiger partial charge in [-0.15, -0.1) is 5.10 Å². The minimum absolute atomic E-state index is 0.682. The average molecular weight is 627 g/mol. The van der Waals surface area contributed by atoms with E-state index in [0.29, 0.717) is 5.82 Å². The number of aromatic amines is 1. The van der Waals surface area contributed by atoms with E-state index in [1.165, 1.54) is 5.56 Å². The Morgan fingerprint density at radius 1 is 0.574 bits per heavy atom. The first kappa shape index (κ1) is 28.7. The van der Waals surface area contributed by atoms with Gasteiger partial charge in [0.05, 0.1) is 11.0 Å². The van der Waals surface area contributed by atoms with Crippen LogP contribution >= 0.6 is 11.8 Å². The number of nitrogens with zero attached hydrogens (tertiary/aromatic N) is 5. The van der Waals surface area contributed by atoms with Crippen molar-refractivity contribution in [1.82, 2.24) is 30.2 Å². The summed E-state index contributed by atoms with van der Waals surface area (Å²) in [5.74, 6) is 1.50. The lowest BCUT2D eigenvalue weighted by Gasteiger charge is -2.36. The van der Waals surface area contributed by atoms with E-state index >= 15 is 0 Å². The molecule has 0 aliphatic heterocycles. The molecule has 6 aromatic carbocycles. The van der Waals surface area contributed by atoms with E-state index in [1.807, 2.05) is 47.1 Å². The van der Waals surface area contributed by atoms with E-state index < -0.39 is 5.54 Å². The molecule has 1 N–H and O–H groups in total. The number of thioether (sulfide) groups is 1. The van der Waals surface area contributed by atoms with Crippen molar-refractivity contribution in [2.75, 3.05) is 0 Å². The number of rotatable bonds is 9. The molecule has 0 amide bonds. The number of benzene rings is 6. The molecule has 2 aromatic heterocycles. The van der Waals surface area contributed by atoms with E-state index in [0.717, 1.165) is 55.3 Å². The van der Waals surface area contributed by atoms with Gasteiger partial charge in [0.1, 0.15) is 5.54 Å². The number of H-pyrrole nitrogens is 1. The number of imidazole rings is 1. The van der Waals surface area contributed by atoms with Crippen LogP contribution in [0.4, 0.5) is 0 Å². The molecule has 226 valence electrons. The highest BCUT2D eigenvalue weighted by Crippen LogP contribution is 2.43.